The average molecular weight is 833 g/mol. The number of carbonyl (C=O) groups excluding carboxylic acids is 3. The van der Waals surface area contributed by atoms with Crippen LogP contribution in [-0.4, -0.2) is 114 Å². The number of hydrogen-bond donors (Lipinski definition) is 6. The van der Waals surface area contributed by atoms with Gasteiger partial charge in [0, 0.05) is 37.4 Å². The Morgan fingerprint density at radius 1 is 0.724 bits per heavy atom. The molecule has 0 aliphatic rings. The largest absolute Gasteiger partial charge is 0.481 e. The zero-order valence-electron chi connectivity index (χ0n) is 37.7. The second-order valence-corrected chi connectivity index (χ2v) is 12.4. The van der Waals surface area contributed by atoms with Crippen molar-refractivity contribution in [1.29, 1.82) is 0 Å². The predicted octanol–water partition coefficient (Wildman–Crippen LogP) is 5.87. The Bertz CT molecular complexity index is 1010. The first-order chi connectivity index (χ1) is 28.0. The van der Waals surface area contributed by atoms with E-state index in [1.54, 1.807) is 6.92 Å². The fourth-order valence-electron chi connectivity index (χ4n) is 3.60. The zero-order valence-corrected chi connectivity index (χ0v) is 37.7. The first-order valence-electron chi connectivity index (χ1n) is 21.1. The summed E-state index contributed by atoms with van der Waals surface area (Å²) in [6, 6.07) is 9.22. The molecule has 0 aliphatic carbocycles. The first-order valence-corrected chi connectivity index (χ1v) is 21.1. The molecule has 0 heterocycles. The van der Waals surface area contributed by atoms with Crippen molar-refractivity contribution in [1.82, 2.24) is 21.4 Å². The van der Waals surface area contributed by atoms with Crippen LogP contribution >= 0.6 is 0 Å². The Morgan fingerprint density at radius 2 is 1.21 bits per heavy atom. The molecule has 1 unspecified atom stereocenters. The van der Waals surface area contributed by atoms with Crippen LogP contribution in [0.5, 0.6) is 0 Å². The number of hydrogen-bond acceptors (Lipinski definition) is 11. The van der Waals surface area contributed by atoms with Crippen LogP contribution in [0.2, 0.25) is 0 Å². The lowest BCUT2D eigenvalue weighted by molar-refractivity contribution is -0.136. The summed E-state index contributed by atoms with van der Waals surface area (Å²) in [7, 11) is 0. The van der Waals surface area contributed by atoms with Gasteiger partial charge in [0.1, 0.15) is 0 Å². The number of nitrogens with zero attached hydrogens (tertiary/aromatic N) is 1. The number of ether oxygens (including phenoxy) is 4. The van der Waals surface area contributed by atoms with Gasteiger partial charge in [-0.3, -0.25) is 24.6 Å². The Hall–Kier alpha value is -3.70. The molecule has 1 aromatic carbocycles. The number of amides is 3. The second kappa shape index (κ2) is 57.6. The Labute approximate surface area is 351 Å². The predicted molar refractivity (Wildman–Crippen MR) is 235 cm³/mol. The van der Waals surface area contributed by atoms with Crippen molar-refractivity contribution in [2.75, 3.05) is 79.0 Å². The van der Waals surface area contributed by atoms with E-state index in [1.807, 2.05) is 20.8 Å². The minimum Gasteiger partial charge on any atom is -0.481 e. The molecule has 1 atom stereocenters. The maximum absolute atomic E-state index is 11.4. The average Bonchev–Trinajstić information content (AvgIpc) is 3.22. The third-order valence-corrected chi connectivity index (χ3v) is 6.81. The molecular formula is C42H84N6O10. The van der Waals surface area contributed by atoms with E-state index in [1.165, 1.54) is 36.8 Å². The smallest absolute Gasteiger partial charge is 0.303 e. The molecule has 58 heavy (non-hydrogen) atoms. The summed E-state index contributed by atoms with van der Waals surface area (Å²) >= 11 is 0. The molecule has 1 aromatic rings. The van der Waals surface area contributed by atoms with Crippen LogP contribution in [0.15, 0.2) is 29.6 Å². The van der Waals surface area contributed by atoms with Gasteiger partial charge in [-0.05, 0) is 51.5 Å². The SMILES string of the molecule is CC.CCC(=O)O.CCCC(C)N.CCCCNN=O.CCCCOCCOCCOCCOCCNC(=O)CNC(=O)CNC=O.CCCCc1ccc(C)cc1. The van der Waals surface area contributed by atoms with Gasteiger partial charge < -0.3 is 45.7 Å². The van der Waals surface area contributed by atoms with Gasteiger partial charge in [0.05, 0.1) is 59.3 Å². The fourth-order valence-corrected chi connectivity index (χ4v) is 3.60. The molecule has 0 bridgehead atoms. The topological polar surface area (TPSA) is 229 Å². The van der Waals surface area contributed by atoms with Gasteiger partial charge in [0.15, 0.2) is 0 Å². The highest BCUT2D eigenvalue weighted by atomic mass is 16.6. The third kappa shape index (κ3) is 67.1. The summed E-state index contributed by atoms with van der Waals surface area (Å²) in [4.78, 5) is 51.3. The van der Waals surface area contributed by atoms with Crippen molar-refractivity contribution >= 4 is 24.2 Å². The molecule has 7 N–H and O–H groups in total. The van der Waals surface area contributed by atoms with E-state index in [9.17, 15) is 24.1 Å². The van der Waals surface area contributed by atoms with Crippen LogP contribution in [0.25, 0.3) is 0 Å². The number of nitroso groups, excluding NO2 is 1. The quantitative estimate of drug-likeness (QED) is 0.0232. The van der Waals surface area contributed by atoms with Crippen LogP contribution in [-0.2, 0) is 44.5 Å². The van der Waals surface area contributed by atoms with E-state index in [0.717, 1.165) is 38.7 Å². The highest BCUT2D eigenvalue weighted by Gasteiger charge is 2.04. The number of unbranched alkanes of at least 4 members (excludes halogenated alkanes) is 3. The fraction of sp³-hybridized carbons (Fsp3) is 0.762. The van der Waals surface area contributed by atoms with Gasteiger partial charge in [0.25, 0.3) is 0 Å². The van der Waals surface area contributed by atoms with Gasteiger partial charge in [-0.15, -0.1) is 4.91 Å². The summed E-state index contributed by atoms with van der Waals surface area (Å²) < 4.78 is 21.4. The Kier molecular flexibility index (Phi) is 63.1. The lowest BCUT2D eigenvalue weighted by Crippen LogP contribution is -2.41. The van der Waals surface area contributed by atoms with E-state index in [4.69, 9.17) is 29.8 Å². The Balaban J connectivity index is -0.000000244. The summed E-state index contributed by atoms with van der Waals surface area (Å²) in [6.07, 6.45) is 11.1. The van der Waals surface area contributed by atoms with Crippen molar-refractivity contribution in [3.05, 3.63) is 40.3 Å². The molecule has 1 rings (SSSR count). The number of aliphatic carboxylic acids is 1. The molecule has 0 aromatic heterocycles. The maximum atomic E-state index is 11.4. The van der Waals surface area contributed by atoms with Crippen molar-refractivity contribution in [3.63, 3.8) is 0 Å². The van der Waals surface area contributed by atoms with Crippen LogP contribution < -0.4 is 27.1 Å². The molecule has 16 heteroatoms. The molecule has 16 nitrogen and oxygen atoms in total. The number of benzene rings is 1. The first kappa shape index (κ1) is 63.5. The summed E-state index contributed by atoms with van der Waals surface area (Å²) in [5.74, 6) is -1.51. The maximum Gasteiger partial charge on any atom is 0.303 e. The minimum atomic E-state index is -0.745. The number of nitrogens with two attached hydrogens (primary N) is 1. The van der Waals surface area contributed by atoms with Crippen LogP contribution in [0.3, 0.4) is 0 Å². The molecule has 0 saturated heterocycles. The van der Waals surface area contributed by atoms with Crippen molar-refractivity contribution in [3.8, 4) is 0 Å². The van der Waals surface area contributed by atoms with Gasteiger partial charge in [0.2, 0.25) is 18.2 Å². The van der Waals surface area contributed by atoms with Crippen molar-refractivity contribution in [2.24, 2.45) is 11.0 Å². The number of aryl methyl sites for hydroxylation is 2. The molecule has 3 amide bonds. The van der Waals surface area contributed by atoms with E-state index >= 15 is 0 Å². The minimum absolute atomic E-state index is 0.147. The molecule has 0 spiro atoms. The van der Waals surface area contributed by atoms with Gasteiger partial charge >= 0.3 is 5.97 Å². The summed E-state index contributed by atoms with van der Waals surface area (Å²) in [5, 5.41) is 17.4. The van der Waals surface area contributed by atoms with E-state index in [-0.39, 0.29) is 25.4 Å². The lowest BCUT2D eigenvalue weighted by Gasteiger charge is -2.08. The highest BCUT2D eigenvalue weighted by Crippen LogP contribution is 2.06. The van der Waals surface area contributed by atoms with Gasteiger partial charge in [-0.2, -0.15) is 0 Å². The number of carboxylic acids is 1. The zero-order chi connectivity index (χ0) is 44.9. The second-order valence-electron chi connectivity index (χ2n) is 12.4. The molecule has 0 aliphatic heterocycles. The van der Waals surface area contributed by atoms with E-state index in [0.29, 0.717) is 71.8 Å². The van der Waals surface area contributed by atoms with Crippen LogP contribution in [0, 0.1) is 11.8 Å². The van der Waals surface area contributed by atoms with Crippen molar-refractivity contribution in [2.45, 2.75) is 133 Å². The highest BCUT2D eigenvalue weighted by molar-refractivity contribution is 5.86. The van der Waals surface area contributed by atoms with Gasteiger partial charge in [-0.1, -0.05) is 104 Å². The third-order valence-electron chi connectivity index (χ3n) is 6.81. The van der Waals surface area contributed by atoms with E-state index < -0.39 is 11.9 Å². The van der Waals surface area contributed by atoms with Crippen molar-refractivity contribution < 1.29 is 43.2 Å². The van der Waals surface area contributed by atoms with Gasteiger partial charge in [-0.25, -0.2) is 0 Å². The molecule has 0 radical (unpaired) electrons. The molecule has 0 fully saturated rings. The number of rotatable bonds is 30. The van der Waals surface area contributed by atoms with E-state index in [2.05, 4.69) is 85.5 Å². The Morgan fingerprint density at radius 3 is 1.62 bits per heavy atom. The lowest BCUT2D eigenvalue weighted by atomic mass is 10.1. The standard InChI is InChI=1S/C17H33N3O7.C11H16.C5H13N.C4H10N2O.C3H6O2.C2H6/c1-2-3-5-24-7-9-26-11-12-27-10-8-25-6-4-19-17(23)14-20-16(22)13-18-15-21;1-3-4-5-11-8-6-10(2)7-9-11;1-3-4-5(2)6;1-2-3-4-5-6-7;1-2-3(4)5;1-2/h15H,2-14H2,1H3,(H,18,21)(H,19,23)(H,20,22);6-9H,3-5H2,1-2H3;5H,3-4,6H2,1-2H3;2-4H2,1H3,(H,5,7);2H2,1H3,(H,4,5);1-2H3. The summed E-state index contributed by atoms with van der Waals surface area (Å²) in [6.45, 7) is 23.2. The number of carboxylic acid groups (broad SMARTS) is 1. The summed E-state index contributed by atoms with van der Waals surface area (Å²) in [5.41, 5.74) is 10.5. The number of carbonyl (C=O) groups is 4. The number of nitrogens with one attached hydrogen (secondary N) is 4. The van der Waals surface area contributed by atoms with Crippen LogP contribution in [0.1, 0.15) is 124 Å². The molecule has 0 saturated carbocycles. The van der Waals surface area contributed by atoms with Crippen LogP contribution in [0.4, 0.5) is 0 Å². The monoisotopic (exact) mass is 833 g/mol. The molecule has 342 valence electrons. The normalized spacial score (nSPS) is 9.97. The molecular weight excluding hydrogens is 748 g/mol.